The van der Waals surface area contributed by atoms with Crippen LogP contribution in [0.15, 0.2) is 59.0 Å². The Morgan fingerprint density at radius 2 is 1.67 bits per heavy atom. The van der Waals surface area contributed by atoms with Gasteiger partial charge in [-0.3, -0.25) is 9.69 Å². The number of hydrogen-bond acceptors (Lipinski definition) is 5. The Balaban J connectivity index is 1.27. The zero-order valence-corrected chi connectivity index (χ0v) is 17.2. The molecule has 156 valence electrons. The fourth-order valence-electron chi connectivity index (χ4n) is 3.80. The average molecular weight is 405 g/mol. The molecule has 1 saturated heterocycles. The second-order valence-corrected chi connectivity index (χ2v) is 7.75. The standard InChI is InChI=1S/C24H28N4O2/c29-22(13-14-23-26-27-24(30-23)19-9-3-1-4-10-19)25-17-20-11-5-6-12-21(20)18-28-15-7-2-8-16-28/h1,3-6,9-12H,2,7-8,13-18H2,(H,25,29). The summed E-state index contributed by atoms with van der Waals surface area (Å²) in [5, 5.41) is 11.2. The Morgan fingerprint density at radius 3 is 2.47 bits per heavy atom. The SMILES string of the molecule is O=C(CCc1nnc(-c2ccccc2)o1)NCc1ccccc1CN1CCCCC1. The van der Waals surface area contributed by atoms with E-state index in [2.05, 4.69) is 38.6 Å². The van der Waals surface area contributed by atoms with E-state index in [0.29, 0.717) is 31.2 Å². The predicted octanol–water partition coefficient (Wildman–Crippen LogP) is 3.97. The maximum absolute atomic E-state index is 12.4. The van der Waals surface area contributed by atoms with Gasteiger partial charge in [0.2, 0.25) is 17.7 Å². The molecule has 1 aliphatic heterocycles. The van der Waals surface area contributed by atoms with E-state index in [0.717, 1.165) is 25.2 Å². The van der Waals surface area contributed by atoms with Gasteiger partial charge in [0.05, 0.1) is 0 Å². The third-order valence-corrected chi connectivity index (χ3v) is 5.49. The van der Waals surface area contributed by atoms with Gasteiger partial charge in [0.1, 0.15) is 0 Å². The van der Waals surface area contributed by atoms with Crippen LogP contribution in [0.5, 0.6) is 0 Å². The zero-order valence-electron chi connectivity index (χ0n) is 17.2. The van der Waals surface area contributed by atoms with E-state index in [-0.39, 0.29) is 5.91 Å². The van der Waals surface area contributed by atoms with Crippen molar-refractivity contribution in [1.29, 1.82) is 0 Å². The van der Waals surface area contributed by atoms with Crippen LogP contribution < -0.4 is 5.32 Å². The maximum atomic E-state index is 12.4. The number of hydrogen-bond donors (Lipinski definition) is 1. The molecule has 0 bridgehead atoms. The highest BCUT2D eigenvalue weighted by atomic mass is 16.4. The topological polar surface area (TPSA) is 71.3 Å². The Labute approximate surface area is 177 Å². The van der Waals surface area contributed by atoms with Crippen molar-refractivity contribution < 1.29 is 9.21 Å². The number of benzene rings is 2. The first-order valence-corrected chi connectivity index (χ1v) is 10.7. The van der Waals surface area contributed by atoms with Gasteiger partial charge in [-0.25, -0.2) is 0 Å². The highest BCUT2D eigenvalue weighted by Gasteiger charge is 2.14. The molecule has 1 aromatic heterocycles. The fraction of sp³-hybridized carbons (Fsp3) is 0.375. The molecule has 30 heavy (non-hydrogen) atoms. The van der Waals surface area contributed by atoms with Crippen molar-refractivity contribution in [2.75, 3.05) is 13.1 Å². The summed E-state index contributed by atoms with van der Waals surface area (Å²) in [4.78, 5) is 14.9. The Hall–Kier alpha value is -2.99. The van der Waals surface area contributed by atoms with Gasteiger partial charge < -0.3 is 9.73 Å². The van der Waals surface area contributed by atoms with E-state index in [1.165, 1.54) is 30.4 Å². The van der Waals surface area contributed by atoms with Crippen LogP contribution in [0.2, 0.25) is 0 Å². The fourth-order valence-corrected chi connectivity index (χ4v) is 3.80. The van der Waals surface area contributed by atoms with Gasteiger partial charge in [0.15, 0.2) is 0 Å². The predicted molar refractivity (Wildman–Crippen MR) is 115 cm³/mol. The summed E-state index contributed by atoms with van der Waals surface area (Å²) in [5.41, 5.74) is 3.36. The molecule has 6 nitrogen and oxygen atoms in total. The molecule has 0 aliphatic carbocycles. The average Bonchev–Trinajstić information content (AvgIpc) is 3.28. The molecule has 2 aromatic carbocycles. The van der Waals surface area contributed by atoms with Gasteiger partial charge in [-0.05, 0) is 49.2 Å². The number of piperidine rings is 1. The Kier molecular flexibility index (Phi) is 6.87. The molecule has 2 heterocycles. The van der Waals surface area contributed by atoms with Crippen molar-refractivity contribution in [2.24, 2.45) is 0 Å². The molecule has 0 atom stereocenters. The summed E-state index contributed by atoms with van der Waals surface area (Å²) >= 11 is 0. The third-order valence-electron chi connectivity index (χ3n) is 5.49. The lowest BCUT2D eigenvalue weighted by molar-refractivity contribution is -0.121. The lowest BCUT2D eigenvalue weighted by Gasteiger charge is -2.27. The second-order valence-electron chi connectivity index (χ2n) is 7.75. The molecule has 3 aromatic rings. The molecule has 1 aliphatic rings. The number of nitrogens with zero attached hydrogens (tertiary/aromatic N) is 3. The highest BCUT2D eigenvalue weighted by molar-refractivity contribution is 5.76. The number of likely N-dealkylation sites (tertiary alicyclic amines) is 1. The summed E-state index contributed by atoms with van der Waals surface area (Å²) in [6, 6.07) is 18.0. The minimum atomic E-state index is -0.0118. The van der Waals surface area contributed by atoms with Crippen LogP contribution >= 0.6 is 0 Å². The van der Waals surface area contributed by atoms with Gasteiger partial charge in [0.25, 0.3) is 0 Å². The van der Waals surface area contributed by atoms with Crippen molar-refractivity contribution in [2.45, 2.75) is 45.2 Å². The molecule has 4 rings (SSSR count). The Bertz CT molecular complexity index is 949. The van der Waals surface area contributed by atoms with Crippen molar-refractivity contribution in [3.63, 3.8) is 0 Å². The number of aromatic nitrogens is 2. The summed E-state index contributed by atoms with van der Waals surface area (Å²) in [6.45, 7) is 3.82. The summed E-state index contributed by atoms with van der Waals surface area (Å²) in [5.74, 6) is 0.953. The number of carbonyl (C=O) groups is 1. The molecule has 1 fully saturated rings. The van der Waals surface area contributed by atoms with Gasteiger partial charge >= 0.3 is 0 Å². The molecule has 0 unspecified atom stereocenters. The summed E-state index contributed by atoms with van der Waals surface area (Å²) < 4.78 is 5.68. The monoisotopic (exact) mass is 404 g/mol. The van der Waals surface area contributed by atoms with E-state index in [1.54, 1.807) is 0 Å². The Morgan fingerprint density at radius 1 is 0.933 bits per heavy atom. The van der Waals surface area contributed by atoms with Gasteiger partial charge in [-0.2, -0.15) is 0 Å². The molecule has 0 spiro atoms. The maximum Gasteiger partial charge on any atom is 0.247 e. The minimum absolute atomic E-state index is 0.0118. The van der Waals surface area contributed by atoms with Crippen molar-refractivity contribution in [1.82, 2.24) is 20.4 Å². The zero-order chi connectivity index (χ0) is 20.6. The first-order chi connectivity index (χ1) is 14.8. The van der Waals surface area contributed by atoms with Gasteiger partial charge in [0, 0.05) is 31.5 Å². The smallest absolute Gasteiger partial charge is 0.247 e. The van der Waals surface area contributed by atoms with Crippen molar-refractivity contribution in [3.05, 3.63) is 71.6 Å². The van der Waals surface area contributed by atoms with Crippen LogP contribution in [-0.4, -0.2) is 34.1 Å². The number of aryl methyl sites for hydroxylation is 1. The van der Waals surface area contributed by atoms with Gasteiger partial charge in [-0.1, -0.05) is 48.9 Å². The van der Waals surface area contributed by atoms with E-state index in [1.807, 2.05) is 36.4 Å². The lowest BCUT2D eigenvalue weighted by Crippen LogP contribution is -2.30. The van der Waals surface area contributed by atoms with Crippen LogP contribution in [-0.2, 0) is 24.3 Å². The van der Waals surface area contributed by atoms with E-state index < -0.39 is 0 Å². The molecular formula is C24H28N4O2. The molecule has 0 saturated carbocycles. The molecule has 0 radical (unpaired) electrons. The first kappa shape index (κ1) is 20.3. The largest absolute Gasteiger partial charge is 0.421 e. The van der Waals surface area contributed by atoms with E-state index >= 15 is 0 Å². The number of carbonyl (C=O) groups excluding carboxylic acids is 1. The second kappa shape index (κ2) is 10.2. The third kappa shape index (κ3) is 5.54. The van der Waals surface area contributed by atoms with Crippen LogP contribution in [0.25, 0.3) is 11.5 Å². The number of nitrogens with one attached hydrogen (secondary N) is 1. The van der Waals surface area contributed by atoms with E-state index in [9.17, 15) is 4.79 Å². The summed E-state index contributed by atoms with van der Waals surface area (Å²) in [7, 11) is 0. The van der Waals surface area contributed by atoms with Gasteiger partial charge in [-0.15, -0.1) is 10.2 Å². The van der Waals surface area contributed by atoms with Crippen LogP contribution in [0.4, 0.5) is 0 Å². The van der Waals surface area contributed by atoms with Crippen LogP contribution in [0.3, 0.4) is 0 Å². The molecular weight excluding hydrogens is 376 g/mol. The number of rotatable bonds is 8. The lowest BCUT2D eigenvalue weighted by atomic mass is 10.0. The van der Waals surface area contributed by atoms with Crippen LogP contribution in [0.1, 0.15) is 42.7 Å². The molecule has 1 N–H and O–H groups in total. The minimum Gasteiger partial charge on any atom is -0.421 e. The summed E-state index contributed by atoms with van der Waals surface area (Å²) in [6.07, 6.45) is 4.65. The normalized spacial score (nSPS) is 14.5. The quantitative estimate of drug-likeness (QED) is 0.615. The molecule has 1 amide bonds. The van der Waals surface area contributed by atoms with Crippen molar-refractivity contribution >= 4 is 5.91 Å². The highest BCUT2D eigenvalue weighted by Crippen LogP contribution is 2.18. The van der Waals surface area contributed by atoms with Crippen LogP contribution in [0, 0.1) is 0 Å². The van der Waals surface area contributed by atoms with Crippen molar-refractivity contribution in [3.8, 4) is 11.5 Å². The molecule has 6 heteroatoms. The van der Waals surface area contributed by atoms with E-state index in [4.69, 9.17) is 4.42 Å². The first-order valence-electron chi connectivity index (χ1n) is 10.7. The number of amides is 1.